The summed E-state index contributed by atoms with van der Waals surface area (Å²) >= 11 is 0. The normalized spacial score (nSPS) is 9.67. The maximum atomic E-state index is 10.6. The second-order valence-electron chi connectivity index (χ2n) is 5.00. The van der Waals surface area contributed by atoms with E-state index < -0.39 is 0 Å². The van der Waals surface area contributed by atoms with Gasteiger partial charge in [0.1, 0.15) is 0 Å². The van der Waals surface area contributed by atoms with Crippen LogP contribution in [0.1, 0.15) is 71.1 Å². The van der Waals surface area contributed by atoms with Gasteiger partial charge in [0.15, 0.2) is 0 Å². The van der Waals surface area contributed by atoms with Gasteiger partial charge in [0.05, 0.1) is 6.61 Å². The highest BCUT2D eigenvalue weighted by Crippen LogP contribution is 2.02. The molecule has 0 aliphatic rings. The van der Waals surface area contributed by atoms with Gasteiger partial charge in [-0.2, -0.15) is 0 Å². The molecule has 0 bridgehead atoms. The Hall–Kier alpha value is -0.870. The van der Waals surface area contributed by atoms with Crippen molar-refractivity contribution in [2.24, 2.45) is 0 Å². The van der Waals surface area contributed by atoms with Gasteiger partial charge in [-0.05, 0) is 19.3 Å². The maximum Gasteiger partial charge on any atom is 0.330 e. The van der Waals surface area contributed by atoms with Crippen molar-refractivity contribution in [3.8, 4) is 0 Å². The molecule has 0 aliphatic heterocycles. The zero-order valence-corrected chi connectivity index (χ0v) is 13.7. The van der Waals surface area contributed by atoms with Gasteiger partial charge in [-0.15, -0.1) is 0 Å². The summed E-state index contributed by atoms with van der Waals surface area (Å²) in [5.74, 6) is -0.314. The molecule has 0 saturated heterocycles. The first-order valence-corrected chi connectivity index (χ1v) is 8.23. The molecule has 126 valence electrons. The van der Waals surface area contributed by atoms with E-state index >= 15 is 0 Å². The zero-order valence-electron chi connectivity index (χ0n) is 13.7. The van der Waals surface area contributed by atoms with Crippen LogP contribution >= 0.6 is 0 Å². The SMILES string of the molecule is C=CC(=O)OCCCCCCC.OCCCCCCCO. The molecule has 0 atom stereocenters. The molecule has 4 heteroatoms. The lowest BCUT2D eigenvalue weighted by atomic mass is 10.2. The minimum Gasteiger partial charge on any atom is -0.463 e. The van der Waals surface area contributed by atoms with Gasteiger partial charge in [-0.1, -0.05) is 58.4 Å². The second-order valence-corrected chi connectivity index (χ2v) is 5.00. The van der Waals surface area contributed by atoms with Crippen LogP contribution in [0.3, 0.4) is 0 Å². The number of carbonyl (C=O) groups excluding carboxylic acids is 1. The number of esters is 1. The third-order valence-corrected chi connectivity index (χ3v) is 2.98. The number of unbranched alkanes of at least 4 members (excludes halogenated alkanes) is 8. The summed E-state index contributed by atoms with van der Waals surface area (Å²) in [6, 6.07) is 0. The van der Waals surface area contributed by atoms with Crippen molar-refractivity contribution in [3.05, 3.63) is 12.7 Å². The molecule has 21 heavy (non-hydrogen) atoms. The summed E-state index contributed by atoms with van der Waals surface area (Å²) in [5.41, 5.74) is 0. The van der Waals surface area contributed by atoms with Gasteiger partial charge >= 0.3 is 5.97 Å². The number of hydrogen-bond acceptors (Lipinski definition) is 4. The second kappa shape index (κ2) is 21.4. The molecule has 0 rings (SSSR count). The van der Waals surface area contributed by atoms with Crippen LogP contribution in [0.2, 0.25) is 0 Å². The van der Waals surface area contributed by atoms with Crippen molar-refractivity contribution >= 4 is 5.97 Å². The van der Waals surface area contributed by atoms with E-state index in [-0.39, 0.29) is 5.97 Å². The number of ether oxygens (including phenoxy) is 1. The smallest absolute Gasteiger partial charge is 0.330 e. The summed E-state index contributed by atoms with van der Waals surface area (Å²) in [6.45, 7) is 6.64. The van der Waals surface area contributed by atoms with Crippen molar-refractivity contribution in [3.63, 3.8) is 0 Å². The molecular formula is C17H34O4. The minimum atomic E-state index is -0.314. The molecular weight excluding hydrogens is 268 g/mol. The molecule has 0 fully saturated rings. The van der Waals surface area contributed by atoms with Crippen LogP contribution in [0.25, 0.3) is 0 Å². The van der Waals surface area contributed by atoms with Crippen molar-refractivity contribution in [2.75, 3.05) is 19.8 Å². The van der Waals surface area contributed by atoms with Crippen molar-refractivity contribution in [1.82, 2.24) is 0 Å². The van der Waals surface area contributed by atoms with E-state index in [0.29, 0.717) is 19.8 Å². The first-order chi connectivity index (χ1) is 10.2. The quantitative estimate of drug-likeness (QED) is 0.310. The maximum absolute atomic E-state index is 10.6. The molecule has 0 spiro atoms. The molecule has 2 N–H and O–H groups in total. The Morgan fingerprint density at radius 1 is 0.905 bits per heavy atom. The topological polar surface area (TPSA) is 66.8 Å². The summed E-state index contributed by atoms with van der Waals surface area (Å²) in [4.78, 5) is 10.6. The first-order valence-electron chi connectivity index (χ1n) is 8.23. The Bertz CT molecular complexity index is 211. The third-order valence-electron chi connectivity index (χ3n) is 2.98. The van der Waals surface area contributed by atoms with Crippen LogP contribution in [0.5, 0.6) is 0 Å². The van der Waals surface area contributed by atoms with Crippen LogP contribution < -0.4 is 0 Å². The number of aliphatic hydroxyl groups excluding tert-OH is 2. The Morgan fingerprint density at radius 3 is 1.86 bits per heavy atom. The van der Waals surface area contributed by atoms with Gasteiger partial charge in [-0.25, -0.2) is 4.79 Å². The van der Waals surface area contributed by atoms with E-state index in [1.807, 2.05) is 0 Å². The number of carbonyl (C=O) groups is 1. The fraction of sp³-hybridized carbons (Fsp3) is 0.824. The third kappa shape index (κ3) is 24.5. The van der Waals surface area contributed by atoms with Gasteiger partial charge in [-0.3, -0.25) is 0 Å². The van der Waals surface area contributed by atoms with E-state index in [4.69, 9.17) is 14.9 Å². The first kappa shape index (κ1) is 22.4. The van der Waals surface area contributed by atoms with Gasteiger partial charge in [0.2, 0.25) is 0 Å². The summed E-state index contributed by atoms with van der Waals surface area (Å²) in [5, 5.41) is 16.7. The summed E-state index contributed by atoms with van der Waals surface area (Å²) < 4.78 is 4.81. The van der Waals surface area contributed by atoms with E-state index in [0.717, 1.165) is 44.9 Å². The lowest BCUT2D eigenvalue weighted by Crippen LogP contribution is -2.01. The fourth-order valence-electron chi connectivity index (χ4n) is 1.69. The van der Waals surface area contributed by atoms with Gasteiger partial charge < -0.3 is 14.9 Å². The fourth-order valence-corrected chi connectivity index (χ4v) is 1.69. The summed E-state index contributed by atoms with van der Waals surface area (Å²) in [7, 11) is 0. The Morgan fingerprint density at radius 2 is 1.38 bits per heavy atom. The largest absolute Gasteiger partial charge is 0.463 e. The average molecular weight is 302 g/mol. The Balaban J connectivity index is 0. The van der Waals surface area contributed by atoms with Crippen LogP contribution in [0, 0.1) is 0 Å². The standard InChI is InChI=1S/C10H18O2.C7H16O2/c1-3-5-6-7-8-9-12-10(11)4-2;8-6-4-2-1-3-5-7-9/h4H,2-3,5-9H2,1H3;8-9H,1-7H2. The van der Waals surface area contributed by atoms with Crippen LogP contribution in [-0.4, -0.2) is 36.0 Å². The minimum absolute atomic E-state index is 0.305. The van der Waals surface area contributed by atoms with E-state index in [1.165, 1.54) is 25.3 Å². The molecule has 0 aromatic heterocycles. The Kier molecular flexibility index (Phi) is 22.9. The Labute approximate surface area is 130 Å². The molecule has 0 radical (unpaired) electrons. The average Bonchev–Trinajstić information content (AvgIpc) is 2.51. The monoisotopic (exact) mass is 302 g/mol. The predicted octanol–water partition coefficient (Wildman–Crippen LogP) is 3.61. The summed E-state index contributed by atoms with van der Waals surface area (Å²) in [6.07, 6.45) is 12.2. The highest BCUT2D eigenvalue weighted by molar-refractivity contribution is 5.81. The lowest BCUT2D eigenvalue weighted by molar-refractivity contribution is -0.137. The van der Waals surface area contributed by atoms with Crippen molar-refractivity contribution in [2.45, 2.75) is 71.1 Å². The number of aliphatic hydroxyl groups is 2. The molecule has 0 amide bonds. The molecule has 0 saturated carbocycles. The molecule has 0 unspecified atom stereocenters. The number of rotatable bonds is 13. The van der Waals surface area contributed by atoms with Gasteiger partial charge in [0.25, 0.3) is 0 Å². The van der Waals surface area contributed by atoms with Crippen LogP contribution in [0.15, 0.2) is 12.7 Å². The molecule has 0 aliphatic carbocycles. The van der Waals surface area contributed by atoms with E-state index in [2.05, 4.69) is 13.5 Å². The van der Waals surface area contributed by atoms with Crippen LogP contribution in [-0.2, 0) is 9.53 Å². The highest BCUT2D eigenvalue weighted by Gasteiger charge is 1.94. The van der Waals surface area contributed by atoms with Gasteiger partial charge in [0, 0.05) is 19.3 Å². The van der Waals surface area contributed by atoms with Crippen molar-refractivity contribution in [1.29, 1.82) is 0 Å². The highest BCUT2D eigenvalue weighted by atomic mass is 16.5. The molecule has 0 aromatic carbocycles. The number of hydrogen-bond donors (Lipinski definition) is 2. The molecule has 0 aromatic rings. The molecule has 4 nitrogen and oxygen atoms in total. The van der Waals surface area contributed by atoms with Crippen molar-refractivity contribution < 1.29 is 19.7 Å². The predicted molar refractivity (Wildman–Crippen MR) is 87.2 cm³/mol. The van der Waals surface area contributed by atoms with Crippen LogP contribution in [0.4, 0.5) is 0 Å². The zero-order chi connectivity index (χ0) is 16.2. The van der Waals surface area contributed by atoms with E-state index in [1.54, 1.807) is 0 Å². The lowest BCUT2D eigenvalue weighted by Gasteiger charge is -2.00. The van der Waals surface area contributed by atoms with E-state index in [9.17, 15) is 4.79 Å². The molecule has 0 heterocycles.